The van der Waals surface area contributed by atoms with Crippen molar-refractivity contribution in [2.75, 3.05) is 18.5 Å². The number of anilines is 1. The standard InChI is InChI=1S/C19H15N3O8/c23-16(20-11-1-4-13(5-2-11)30-10-17(24)25)7-8-21-18(26)14-6-3-12(22(28)29)9-15(14)19(21)27/h1-6,9H,7-8,10H2,(H,20,23)(H,24,25). The molecule has 2 aromatic rings. The van der Waals surface area contributed by atoms with Gasteiger partial charge in [-0.1, -0.05) is 0 Å². The maximum Gasteiger partial charge on any atom is 0.341 e. The maximum absolute atomic E-state index is 12.4. The third-order valence-corrected chi connectivity index (χ3v) is 4.23. The molecule has 3 rings (SSSR count). The molecule has 1 heterocycles. The number of nitrogens with zero attached hydrogens (tertiary/aromatic N) is 2. The summed E-state index contributed by atoms with van der Waals surface area (Å²) in [6.07, 6.45) is -0.176. The molecule has 154 valence electrons. The van der Waals surface area contributed by atoms with Crippen molar-refractivity contribution in [3.8, 4) is 5.75 Å². The van der Waals surface area contributed by atoms with E-state index < -0.39 is 35.2 Å². The molecule has 0 spiro atoms. The lowest BCUT2D eigenvalue weighted by molar-refractivity contribution is -0.384. The summed E-state index contributed by atoms with van der Waals surface area (Å²) in [5, 5.41) is 22.0. The fourth-order valence-electron chi connectivity index (χ4n) is 2.81. The van der Waals surface area contributed by atoms with Crippen LogP contribution in [-0.2, 0) is 9.59 Å². The van der Waals surface area contributed by atoms with E-state index in [1.165, 1.54) is 30.3 Å². The van der Waals surface area contributed by atoms with E-state index in [0.717, 1.165) is 17.0 Å². The second-order valence-electron chi connectivity index (χ2n) is 6.25. The molecule has 3 amide bonds. The van der Waals surface area contributed by atoms with E-state index in [1.807, 2.05) is 0 Å². The van der Waals surface area contributed by atoms with Gasteiger partial charge >= 0.3 is 5.97 Å². The van der Waals surface area contributed by atoms with Gasteiger partial charge in [0.05, 0.1) is 16.1 Å². The number of rotatable bonds is 8. The molecule has 0 aromatic heterocycles. The average molecular weight is 413 g/mol. The summed E-state index contributed by atoms with van der Waals surface area (Å²) in [4.78, 5) is 58.4. The highest BCUT2D eigenvalue weighted by Gasteiger charge is 2.36. The zero-order valence-corrected chi connectivity index (χ0v) is 15.4. The summed E-state index contributed by atoms with van der Waals surface area (Å²) in [5.41, 5.74) is 0.112. The Morgan fingerprint density at radius 3 is 2.37 bits per heavy atom. The lowest BCUT2D eigenvalue weighted by Crippen LogP contribution is -2.32. The van der Waals surface area contributed by atoms with Crippen LogP contribution in [0.5, 0.6) is 5.75 Å². The van der Waals surface area contributed by atoms with Gasteiger partial charge in [-0.25, -0.2) is 4.79 Å². The first-order valence-corrected chi connectivity index (χ1v) is 8.65. The molecular weight excluding hydrogens is 398 g/mol. The molecule has 11 nitrogen and oxygen atoms in total. The molecule has 0 bridgehead atoms. The minimum Gasteiger partial charge on any atom is -0.482 e. The number of hydrogen-bond donors (Lipinski definition) is 2. The Labute approximate surface area is 169 Å². The number of carbonyl (C=O) groups is 4. The summed E-state index contributed by atoms with van der Waals surface area (Å²) < 4.78 is 4.98. The first-order valence-electron chi connectivity index (χ1n) is 8.65. The van der Waals surface area contributed by atoms with Crippen molar-refractivity contribution >= 4 is 35.1 Å². The molecule has 2 N–H and O–H groups in total. The van der Waals surface area contributed by atoms with E-state index in [9.17, 15) is 29.3 Å². The molecule has 0 saturated carbocycles. The van der Waals surface area contributed by atoms with E-state index in [0.29, 0.717) is 11.4 Å². The number of nitro groups is 1. The zero-order chi connectivity index (χ0) is 21.8. The van der Waals surface area contributed by atoms with Gasteiger partial charge in [0.15, 0.2) is 6.61 Å². The van der Waals surface area contributed by atoms with Crippen molar-refractivity contribution in [1.29, 1.82) is 0 Å². The minimum absolute atomic E-state index is 0.0583. The second kappa shape index (κ2) is 8.39. The quantitative estimate of drug-likeness (QED) is 0.376. The number of imide groups is 1. The molecule has 0 unspecified atom stereocenters. The molecule has 11 heteroatoms. The van der Waals surface area contributed by atoms with E-state index in [4.69, 9.17) is 9.84 Å². The predicted octanol–water partition coefficient (Wildman–Crippen LogP) is 1.68. The zero-order valence-electron chi connectivity index (χ0n) is 15.4. The Bertz CT molecular complexity index is 1050. The fraction of sp³-hybridized carbons (Fsp3) is 0.158. The predicted molar refractivity (Wildman–Crippen MR) is 101 cm³/mol. The van der Waals surface area contributed by atoms with Gasteiger partial charge in [-0.05, 0) is 30.3 Å². The summed E-state index contributed by atoms with van der Waals surface area (Å²) in [5.74, 6) is -2.56. The van der Waals surface area contributed by atoms with Crippen molar-refractivity contribution in [2.24, 2.45) is 0 Å². The van der Waals surface area contributed by atoms with Crippen molar-refractivity contribution in [2.45, 2.75) is 6.42 Å². The lowest BCUT2D eigenvalue weighted by Gasteiger charge is -2.13. The summed E-state index contributed by atoms with van der Waals surface area (Å²) in [6, 6.07) is 9.40. The summed E-state index contributed by atoms with van der Waals surface area (Å²) in [7, 11) is 0. The summed E-state index contributed by atoms with van der Waals surface area (Å²) >= 11 is 0. The van der Waals surface area contributed by atoms with Crippen molar-refractivity contribution in [3.05, 3.63) is 63.7 Å². The van der Waals surface area contributed by atoms with Gasteiger partial charge in [0.2, 0.25) is 5.91 Å². The molecule has 2 aromatic carbocycles. The Morgan fingerprint density at radius 1 is 1.07 bits per heavy atom. The number of carboxylic acid groups (broad SMARTS) is 1. The van der Waals surface area contributed by atoms with Gasteiger partial charge in [0.1, 0.15) is 5.75 Å². The number of carboxylic acids is 1. The van der Waals surface area contributed by atoms with Gasteiger partial charge in [0, 0.05) is 30.8 Å². The average Bonchev–Trinajstić information content (AvgIpc) is 2.95. The van der Waals surface area contributed by atoms with Gasteiger partial charge < -0.3 is 15.2 Å². The van der Waals surface area contributed by atoms with Crippen LogP contribution in [-0.4, -0.2) is 51.8 Å². The maximum atomic E-state index is 12.4. The highest BCUT2D eigenvalue weighted by molar-refractivity contribution is 6.21. The highest BCUT2D eigenvalue weighted by atomic mass is 16.6. The monoisotopic (exact) mass is 413 g/mol. The van der Waals surface area contributed by atoms with Gasteiger partial charge in [-0.3, -0.25) is 29.4 Å². The fourth-order valence-corrected chi connectivity index (χ4v) is 2.81. The van der Waals surface area contributed by atoms with Crippen LogP contribution in [0.3, 0.4) is 0 Å². The van der Waals surface area contributed by atoms with Crippen molar-refractivity contribution in [1.82, 2.24) is 4.90 Å². The molecule has 0 fully saturated rings. The third-order valence-electron chi connectivity index (χ3n) is 4.23. The van der Waals surface area contributed by atoms with Crippen molar-refractivity contribution < 1.29 is 33.9 Å². The molecule has 30 heavy (non-hydrogen) atoms. The van der Waals surface area contributed by atoms with Gasteiger partial charge in [-0.2, -0.15) is 0 Å². The van der Waals surface area contributed by atoms with Crippen molar-refractivity contribution in [3.63, 3.8) is 0 Å². The number of carbonyl (C=O) groups excluding carboxylic acids is 3. The summed E-state index contributed by atoms with van der Waals surface area (Å²) in [6.45, 7) is -0.680. The van der Waals surface area contributed by atoms with Gasteiger partial charge in [0.25, 0.3) is 17.5 Å². The van der Waals surface area contributed by atoms with E-state index >= 15 is 0 Å². The van der Waals surface area contributed by atoms with Crippen LogP contribution in [0.25, 0.3) is 0 Å². The molecule has 0 atom stereocenters. The number of nitrogens with one attached hydrogen (secondary N) is 1. The van der Waals surface area contributed by atoms with Crippen LogP contribution in [0.1, 0.15) is 27.1 Å². The Hall–Kier alpha value is -4.28. The number of ether oxygens (including phenoxy) is 1. The van der Waals surface area contributed by atoms with Gasteiger partial charge in [-0.15, -0.1) is 0 Å². The lowest BCUT2D eigenvalue weighted by atomic mass is 10.1. The highest BCUT2D eigenvalue weighted by Crippen LogP contribution is 2.27. The van der Waals surface area contributed by atoms with Crippen LogP contribution in [0.4, 0.5) is 11.4 Å². The van der Waals surface area contributed by atoms with Crippen LogP contribution in [0, 0.1) is 10.1 Å². The number of nitro benzene ring substituents is 1. The minimum atomic E-state index is -1.12. The number of aliphatic carboxylic acids is 1. The SMILES string of the molecule is O=C(O)COc1ccc(NC(=O)CCN2C(=O)c3ccc([N+](=O)[O-])cc3C2=O)cc1. The number of non-ortho nitro benzene ring substituents is 1. The second-order valence-corrected chi connectivity index (χ2v) is 6.25. The normalized spacial score (nSPS) is 12.5. The molecule has 0 radical (unpaired) electrons. The first-order chi connectivity index (χ1) is 14.3. The topological polar surface area (TPSA) is 156 Å². The smallest absolute Gasteiger partial charge is 0.341 e. The van der Waals surface area contributed by atoms with Crippen LogP contribution < -0.4 is 10.1 Å². The Kier molecular flexibility index (Phi) is 5.72. The number of hydrogen-bond acceptors (Lipinski definition) is 7. The molecule has 1 aliphatic rings. The largest absolute Gasteiger partial charge is 0.482 e. The van der Waals surface area contributed by atoms with E-state index in [2.05, 4.69) is 5.32 Å². The van der Waals surface area contributed by atoms with E-state index in [-0.39, 0.29) is 29.8 Å². The van der Waals surface area contributed by atoms with Crippen LogP contribution in [0.15, 0.2) is 42.5 Å². The molecular formula is C19H15N3O8. The Balaban J connectivity index is 1.57. The number of fused-ring (bicyclic) bond motifs is 1. The molecule has 0 saturated heterocycles. The first kappa shape index (κ1) is 20.5. The van der Waals surface area contributed by atoms with Crippen LogP contribution >= 0.6 is 0 Å². The molecule has 0 aliphatic carbocycles. The number of benzene rings is 2. The van der Waals surface area contributed by atoms with E-state index in [1.54, 1.807) is 0 Å². The Morgan fingerprint density at radius 2 is 1.73 bits per heavy atom. The van der Waals surface area contributed by atoms with Crippen LogP contribution in [0.2, 0.25) is 0 Å². The third kappa shape index (κ3) is 4.41. The molecule has 1 aliphatic heterocycles. The number of amides is 3.